The summed E-state index contributed by atoms with van der Waals surface area (Å²) in [4.78, 5) is 8.77. The standard InChI is InChI=1S/C20H20ClFN6/c1-14-12-15(21)6-7-17(14)24-20-25-19(13-23-26-20)28-10-8-27(9-11-28)18-5-3-2-4-16(18)22/h2-7,12-13H,8-11H2,1H3,(H,24,25,26). The van der Waals surface area contributed by atoms with Crippen LogP contribution < -0.4 is 15.1 Å². The molecule has 6 nitrogen and oxygen atoms in total. The van der Waals surface area contributed by atoms with Crippen LogP contribution in [-0.4, -0.2) is 41.4 Å². The molecule has 1 fully saturated rings. The third-order valence-electron chi connectivity index (χ3n) is 4.78. The lowest BCUT2D eigenvalue weighted by molar-refractivity contribution is 0.595. The highest BCUT2D eigenvalue weighted by Gasteiger charge is 2.21. The van der Waals surface area contributed by atoms with Gasteiger partial charge >= 0.3 is 0 Å². The zero-order valence-corrected chi connectivity index (χ0v) is 16.2. The van der Waals surface area contributed by atoms with Crippen LogP contribution in [0.5, 0.6) is 0 Å². The van der Waals surface area contributed by atoms with Gasteiger partial charge in [-0.15, -0.1) is 5.10 Å². The number of para-hydroxylation sites is 1. The van der Waals surface area contributed by atoms with Crippen molar-refractivity contribution in [2.24, 2.45) is 0 Å². The molecule has 0 radical (unpaired) electrons. The van der Waals surface area contributed by atoms with Crippen molar-refractivity contribution in [1.82, 2.24) is 15.2 Å². The highest BCUT2D eigenvalue weighted by molar-refractivity contribution is 6.30. The number of halogens is 2. The lowest BCUT2D eigenvalue weighted by Crippen LogP contribution is -2.47. The van der Waals surface area contributed by atoms with Gasteiger partial charge < -0.3 is 15.1 Å². The third-order valence-corrected chi connectivity index (χ3v) is 5.01. The highest BCUT2D eigenvalue weighted by Crippen LogP contribution is 2.24. The molecule has 0 spiro atoms. The Morgan fingerprint density at radius 3 is 2.54 bits per heavy atom. The largest absolute Gasteiger partial charge is 0.366 e. The third kappa shape index (κ3) is 3.99. The summed E-state index contributed by atoms with van der Waals surface area (Å²) < 4.78 is 14.0. The molecule has 4 rings (SSSR count). The van der Waals surface area contributed by atoms with Gasteiger partial charge in [-0.2, -0.15) is 10.1 Å². The van der Waals surface area contributed by atoms with E-state index in [1.165, 1.54) is 6.07 Å². The molecule has 1 aromatic heterocycles. The van der Waals surface area contributed by atoms with Crippen LogP contribution in [0.25, 0.3) is 0 Å². The van der Waals surface area contributed by atoms with Gasteiger partial charge in [-0.05, 0) is 42.8 Å². The highest BCUT2D eigenvalue weighted by atomic mass is 35.5. The molecule has 0 amide bonds. The lowest BCUT2D eigenvalue weighted by atomic mass is 10.2. The quantitative estimate of drug-likeness (QED) is 0.715. The number of piperazine rings is 1. The first-order chi connectivity index (χ1) is 13.6. The van der Waals surface area contributed by atoms with Gasteiger partial charge in [0.2, 0.25) is 5.95 Å². The molecule has 3 aromatic rings. The molecular weight excluding hydrogens is 379 g/mol. The summed E-state index contributed by atoms with van der Waals surface area (Å²) >= 11 is 6.01. The van der Waals surface area contributed by atoms with Crippen molar-refractivity contribution in [2.45, 2.75) is 6.92 Å². The molecule has 1 saturated heterocycles. The average Bonchev–Trinajstić information content (AvgIpc) is 2.71. The minimum atomic E-state index is -0.190. The van der Waals surface area contributed by atoms with E-state index in [-0.39, 0.29) is 5.82 Å². The van der Waals surface area contributed by atoms with Crippen LogP contribution >= 0.6 is 11.6 Å². The molecule has 1 aliphatic rings. The summed E-state index contributed by atoms with van der Waals surface area (Å²) in [6.07, 6.45) is 1.65. The van der Waals surface area contributed by atoms with Crippen molar-refractivity contribution >= 4 is 34.7 Å². The van der Waals surface area contributed by atoms with Gasteiger partial charge in [0.05, 0.1) is 11.9 Å². The van der Waals surface area contributed by atoms with E-state index >= 15 is 0 Å². The van der Waals surface area contributed by atoms with Crippen LogP contribution in [0.2, 0.25) is 5.02 Å². The lowest BCUT2D eigenvalue weighted by Gasteiger charge is -2.36. The fraction of sp³-hybridized carbons (Fsp3) is 0.250. The number of nitrogens with one attached hydrogen (secondary N) is 1. The molecule has 2 heterocycles. The van der Waals surface area contributed by atoms with Crippen LogP contribution in [-0.2, 0) is 0 Å². The van der Waals surface area contributed by atoms with Crippen molar-refractivity contribution in [3.05, 3.63) is 65.1 Å². The van der Waals surface area contributed by atoms with Crippen LogP contribution in [0.15, 0.2) is 48.7 Å². The fourth-order valence-electron chi connectivity index (χ4n) is 3.27. The van der Waals surface area contributed by atoms with E-state index < -0.39 is 0 Å². The molecule has 1 aliphatic heterocycles. The number of nitrogens with zero attached hydrogens (tertiary/aromatic N) is 5. The number of aromatic nitrogens is 3. The number of aryl methyl sites for hydroxylation is 1. The van der Waals surface area contributed by atoms with Gasteiger partial charge in [-0.1, -0.05) is 23.7 Å². The van der Waals surface area contributed by atoms with Gasteiger partial charge in [0.1, 0.15) is 5.82 Å². The Morgan fingerprint density at radius 2 is 1.79 bits per heavy atom. The first kappa shape index (κ1) is 18.4. The van der Waals surface area contributed by atoms with Crippen molar-refractivity contribution in [3.63, 3.8) is 0 Å². The Balaban J connectivity index is 1.44. The van der Waals surface area contributed by atoms with Crippen molar-refractivity contribution < 1.29 is 4.39 Å². The van der Waals surface area contributed by atoms with E-state index in [0.29, 0.717) is 29.7 Å². The molecule has 1 N–H and O–H groups in total. The molecule has 2 aromatic carbocycles. The summed E-state index contributed by atoms with van der Waals surface area (Å²) in [7, 11) is 0. The molecule has 0 bridgehead atoms. The van der Waals surface area contributed by atoms with Crippen molar-refractivity contribution in [3.8, 4) is 0 Å². The van der Waals surface area contributed by atoms with Crippen LogP contribution in [0.4, 0.5) is 27.5 Å². The van der Waals surface area contributed by atoms with Gasteiger partial charge in [0.15, 0.2) is 5.82 Å². The topological polar surface area (TPSA) is 57.2 Å². The minimum Gasteiger partial charge on any atom is -0.366 e. The summed E-state index contributed by atoms with van der Waals surface area (Å²) in [5, 5.41) is 12.0. The van der Waals surface area contributed by atoms with Gasteiger partial charge in [0, 0.05) is 36.9 Å². The summed E-state index contributed by atoms with van der Waals surface area (Å²) in [6, 6.07) is 12.5. The Labute approximate surface area is 168 Å². The van der Waals surface area contributed by atoms with E-state index in [9.17, 15) is 4.39 Å². The summed E-state index contributed by atoms with van der Waals surface area (Å²) in [5.41, 5.74) is 2.52. The fourth-order valence-corrected chi connectivity index (χ4v) is 3.50. The second-order valence-corrected chi connectivity index (χ2v) is 7.08. The van der Waals surface area contributed by atoms with E-state index in [0.717, 1.165) is 30.2 Å². The van der Waals surface area contributed by atoms with Crippen molar-refractivity contribution in [1.29, 1.82) is 0 Å². The number of anilines is 4. The molecule has 0 aliphatic carbocycles. The van der Waals surface area contributed by atoms with Gasteiger partial charge in [0.25, 0.3) is 0 Å². The SMILES string of the molecule is Cc1cc(Cl)ccc1Nc1nncc(N2CCN(c3ccccc3F)CC2)n1. The number of hydrogen-bond acceptors (Lipinski definition) is 6. The summed E-state index contributed by atoms with van der Waals surface area (Å²) in [6.45, 7) is 4.85. The maximum atomic E-state index is 14.0. The van der Waals surface area contributed by atoms with E-state index in [4.69, 9.17) is 11.6 Å². The zero-order chi connectivity index (χ0) is 19.5. The number of hydrogen-bond donors (Lipinski definition) is 1. The second kappa shape index (κ2) is 7.98. The molecule has 0 atom stereocenters. The molecule has 0 saturated carbocycles. The maximum absolute atomic E-state index is 14.0. The Morgan fingerprint density at radius 1 is 1.04 bits per heavy atom. The second-order valence-electron chi connectivity index (χ2n) is 6.65. The molecule has 8 heteroatoms. The molecule has 0 unspecified atom stereocenters. The van der Waals surface area contributed by atoms with E-state index in [1.54, 1.807) is 12.3 Å². The Kier molecular flexibility index (Phi) is 5.25. The smallest absolute Gasteiger partial charge is 0.249 e. The van der Waals surface area contributed by atoms with E-state index in [2.05, 4.69) is 30.3 Å². The Bertz CT molecular complexity index is 974. The first-order valence-electron chi connectivity index (χ1n) is 9.07. The molecule has 144 valence electrons. The zero-order valence-electron chi connectivity index (χ0n) is 15.4. The van der Waals surface area contributed by atoms with E-state index in [1.807, 2.05) is 37.3 Å². The predicted octanol–water partition coefficient (Wildman–Crippen LogP) is 4.04. The predicted molar refractivity (Wildman–Crippen MR) is 110 cm³/mol. The van der Waals surface area contributed by atoms with Gasteiger partial charge in [-0.3, -0.25) is 0 Å². The molecule has 28 heavy (non-hydrogen) atoms. The average molecular weight is 399 g/mol. The maximum Gasteiger partial charge on any atom is 0.249 e. The van der Waals surface area contributed by atoms with Crippen LogP contribution in [0, 0.1) is 12.7 Å². The minimum absolute atomic E-state index is 0.190. The van der Waals surface area contributed by atoms with Gasteiger partial charge in [-0.25, -0.2) is 4.39 Å². The Hall–Kier alpha value is -2.93. The van der Waals surface area contributed by atoms with Crippen LogP contribution in [0.1, 0.15) is 5.56 Å². The normalized spacial score (nSPS) is 14.2. The van der Waals surface area contributed by atoms with Crippen molar-refractivity contribution in [2.75, 3.05) is 41.3 Å². The number of benzene rings is 2. The first-order valence-corrected chi connectivity index (χ1v) is 9.45. The molecular formula is C20H20ClFN6. The summed E-state index contributed by atoms with van der Waals surface area (Å²) in [5.74, 6) is 0.987. The number of rotatable bonds is 4. The van der Waals surface area contributed by atoms with Crippen LogP contribution in [0.3, 0.4) is 0 Å². The monoisotopic (exact) mass is 398 g/mol.